The predicted molar refractivity (Wildman–Crippen MR) is 68.8 cm³/mol. The predicted octanol–water partition coefficient (Wildman–Crippen LogP) is 2.50. The van der Waals surface area contributed by atoms with Gasteiger partial charge in [-0.3, -0.25) is 0 Å². The summed E-state index contributed by atoms with van der Waals surface area (Å²) in [5, 5.41) is 9.95. The van der Waals surface area contributed by atoms with Gasteiger partial charge in [-0.2, -0.15) is 0 Å². The van der Waals surface area contributed by atoms with Crippen LogP contribution in [-0.2, 0) is 0 Å². The van der Waals surface area contributed by atoms with Crippen LogP contribution in [0.5, 0.6) is 0 Å². The smallest absolute Gasteiger partial charge is 0.0760 e. The zero-order valence-corrected chi connectivity index (χ0v) is 10.6. The molecule has 0 heterocycles. The first-order valence-corrected chi connectivity index (χ1v) is 5.60. The van der Waals surface area contributed by atoms with E-state index in [0.717, 1.165) is 18.4 Å². The van der Waals surface area contributed by atoms with Crippen LogP contribution in [-0.4, -0.2) is 11.2 Å². The van der Waals surface area contributed by atoms with Gasteiger partial charge in [0, 0.05) is 0 Å². The molecule has 1 aliphatic carbocycles. The van der Waals surface area contributed by atoms with E-state index < -0.39 is 0 Å². The van der Waals surface area contributed by atoms with Gasteiger partial charge in [0.25, 0.3) is 0 Å². The van der Waals surface area contributed by atoms with Gasteiger partial charge in [0.05, 0.1) is 12.1 Å². The molecule has 0 radical (unpaired) electrons. The number of hydrogen-bond donors (Lipinski definition) is 2. The molecule has 0 saturated heterocycles. The summed E-state index contributed by atoms with van der Waals surface area (Å²) in [5.41, 5.74) is 9.61. The Hall–Kier alpha value is -0.570. The average Bonchev–Trinajstić information content (AvgIpc) is 3.03. The number of aliphatic hydroxyl groups excluding tert-OH is 1. The van der Waals surface area contributed by atoms with Gasteiger partial charge >= 0.3 is 0 Å². The molecule has 0 unspecified atom stereocenters. The Morgan fingerprint density at radius 2 is 1.88 bits per heavy atom. The summed E-state index contributed by atoms with van der Waals surface area (Å²) in [5.74, 6) is 0.432. The lowest BCUT2D eigenvalue weighted by Gasteiger charge is -2.19. The molecular weight excluding hydrogens is 222 g/mol. The van der Waals surface area contributed by atoms with Crippen molar-refractivity contribution in [2.45, 2.75) is 38.8 Å². The van der Waals surface area contributed by atoms with Crippen molar-refractivity contribution in [2.24, 2.45) is 11.7 Å². The first kappa shape index (κ1) is 13.5. The third-order valence-corrected chi connectivity index (χ3v) is 3.39. The molecule has 16 heavy (non-hydrogen) atoms. The van der Waals surface area contributed by atoms with Crippen molar-refractivity contribution in [3.8, 4) is 0 Å². The van der Waals surface area contributed by atoms with E-state index in [1.807, 2.05) is 6.07 Å². The third kappa shape index (κ3) is 2.76. The maximum atomic E-state index is 9.95. The second-order valence-electron chi connectivity index (χ2n) is 4.70. The van der Waals surface area contributed by atoms with Crippen molar-refractivity contribution in [1.29, 1.82) is 0 Å². The fourth-order valence-electron chi connectivity index (χ4n) is 1.90. The van der Waals surface area contributed by atoms with E-state index in [-0.39, 0.29) is 24.6 Å². The van der Waals surface area contributed by atoms with E-state index in [1.54, 1.807) is 0 Å². The van der Waals surface area contributed by atoms with E-state index in [1.165, 1.54) is 11.1 Å². The van der Waals surface area contributed by atoms with Crippen LogP contribution in [0.4, 0.5) is 0 Å². The molecule has 1 aliphatic rings. The number of aryl methyl sites for hydroxylation is 2. The zero-order chi connectivity index (χ0) is 11.0. The number of nitrogens with two attached hydrogens (primary N) is 1. The largest absolute Gasteiger partial charge is 0.391 e. The van der Waals surface area contributed by atoms with Crippen molar-refractivity contribution in [1.82, 2.24) is 0 Å². The fourth-order valence-corrected chi connectivity index (χ4v) is 1.90. The molecular formula is C13H20ClNO. The molecule has 90 valence electrons. The van der Waals surface area contributed by atoms with Crippen LogP contribution in [0.2, 0.25) is 0 Å². The summed E-state index contributed by atoms with van der Waals surface area (Å²) in [4.78, 5) is 0. The van der Waals surface area contributed by atoms with E-state index in [0.29, 0.717) is 5.92 Å². The average molecular weight is 242 g/mol. The molecule has 2 atom stereocenters. The summed E-state index contributed by atoms with van der Waals surface area (Å²) < 4.78 is 0. The Morgan fingerprint density at radius 3 is 2.38 bits per heavy atom. The number of aliphatic hydroxyl groups is 1. The minimum Gasteiger partial charge on any atom is -0.391 e. The van der Waals surface area contributed by atoms with Gasteiger partial charge in [-0.05, 0) is 49.3 Å². The second kappa shape index (κ2) is 5.17. The minimum atomic E-state index is -0.368. The van der Waals surface area contributed by atoms with Crippen LogP contribution < -0.4 is 5.73 Å². The molecule has 2 rings (SSSR count). The van der Waals surface area contributed by atoms with E-state index in [4.69, 9.17) is 5.73 Å². The fraction of sp³-hybridized carbons (Fsp3) is 0.538. The highest BCUT2D eigenvalue weighted by Crippen LogP contribution is 2.37. The molecule has 0 aromatic heterocycles. The SMILES string of the molecule is Cc1ccc([C@H](N)[C@H](O)C2CC2)cc1C.Cl. The van der Waals surface area contributed by atoms with E-state index in [2.05, 4.69) is 26.0 Å². The number of hydrogen-bond acceptors (Lipinski definition) is 2. The molecule has 2 nitrogen and oxygen atoms in total. The monoisotopic (exact) mass is 241 g/mol. The van der Waals surface area contributed by atoms with Gasteiger partial charge in [0.1, 0.15) is 0 Å². The molecule has 3 heteroatoms. The topological polar surface area (TPSA) is 46.2 Å². The van der Waals surface area contributed by atoms with Crippen molar-refractivity contribution < 1.29 is 5.11 Å². The zero-order valence-electron chi connectivity index (χ0n) is 9.81. The van der Waals surface area contributed by atoms with Crippen LogP contribution in [0.25, 0.3) is 0 Å². The summed E-state index contributed by atoms with van der Waals surface area (Å²) >= 11 is 0. The molecule has 0 aliphatic heterocycles. The van der Waals surface area contributed by atoms with E-state index in [9.17, 15) is 5.11 Å². The van der Waals surface area contributed by atoms with Gasteiger partial charge in [0.15, 0.2) is 0 Å². The number of benzene rings is 1. The van der Waals surface area contributed by atoms with Gasteiger partial charge in [-0.15, -0.1) is 12.4 Å². The standard InChI is InChI=1S/C13H19NO.ClH/c1-8-3-4-11(7-9(8)2)12(14)13(15)10-5-6-10;/h3-4,7,10,12-13,15H,5-6,14H2,1-2H3;1H/t12-,13+;/m0./s1. The Balaban J connectivity index is 0.00000128. The molecule has 1 aromatic carbocycles. The summed E-state index contributed by atoms with van der Waals surface area (Å²) in [6.07, 6.45) is 1.88. The summed E-state index contributed by atoms with van der Waals surface area (Å²) in [6.45, 7) is 4.16. The molecule has 1 fully saturated rings. The quantitative estimate of drug-likeness (QED) is 0.854. The Morgan fingerprint density at radius 1 is 1.25 bits per heavy atom. The lowest BCUT2D eigenvalue weighted by molar-refractivity contribution is 0.122. The normalized spacial score (nSPS) is 18.8. The van der Waals surface area contributed by atoms with Crippen molar-refractivity contribution in [2.75, 3.05) is 0 Å². The molecule has 0 spiro atoms. The van der Waals surface area contributed by atoms with E-state index >= 15 is 0 Å². The van der Waals surface area contributed by atoms with Gasteiger partial charge in [-0.25, -0.2) is 0 Å². The first-order valence-electron chi connectivity index (χ1n) is 5.60. The molecule has 1 saturated carbocycles. The number of halogens is 1. The first-order chi connectivity index (χ1) is 7.09. The maximum absolute atomic E-state index is 9.95. The highest BCUT2D eigenvalue weighted by molar-refractivity contribution is 5.85. The Kier molecular flexibility index (Phi) is 4.36. The number of rotatable bonds is 3. The van der Waals surface area contributed by atoms with Crippen molar-refractivity contribution in [3.63, 3.8) is 0 Å². The van der Waals surface area contributed by atoms with Crippen LogP contribution in [0.15, 0.2) is 18.2 Å². The van der Waals surface area contributed by atoms with Crippen LogP contribution in [0.1, 0.15) is 35.6 Å². The molecule has 0 amide bonds. The third-order valence-electron chi connectivity index (χ3n) is 3.39. The highest BCUT2D eigenvalue weighted by Gasteiger charge is 2.34. The molecule has 0 bridgehead atoms. The van der Waals surface area contributed by atoms with Crippen molar-refractivity contribution >= 4 is 12.4 Å². The van der Waals surface area contributed by atoms with Gasteiger partial charge < -0.3 is 10.8 Å². The lowest BCUT2D eigenvalue weighted by atomic mass is 9.96. The van der Waals surface area contributed by atoms with Crippen LogP contribution in [0.3, 0.4) is 0 Å². The summed E-state index contributed by atoms with van der Waals surface area (Å²) in [6, 6.07) is 5.96. The lowest BCUT2D eigenvalue weighted by Crippen LogP contribution is -2.27. The molecule has 3 N–H and O–H groups in total. The van der Waals surface area contributed by atoms with Gasteiger partial charge in [-0.1, -0.05) is 18.2 Å². The maximum Gasteiger partial charge on any atom is 0.0760 e. The Bertz CT molecular complexity index is 363. The van der Waals surface area contributed by atoms with Crippen molar-refractivity contribution in [3.05, 3.63) is 34.9 Å². The minimum absolute atomic E-state index is 0. The second-order valence-corrected chi connectivity index (χ2v) is 4.70. The Labute approximate surface area is 103 Å². The molecule has 1 aromatic rings. The van der Waals surface area contributed by atoms with Crippen LogP contribution in [0, 0.1) is 19.8 Å². The summed E-state index contributed by atoms with van der Waals surface area (Å²) in [7, 11) is 0. The highest BCUT2D eigenvalue weighted by atomic mass is 35.5. The van der Waals surface area contributed by atoms with Gasteiger partial charge in [0.2, 0.25) is 0 Å². The van der Waals surface area contributed by atoms with Crippen LogP contribution >= 0.6 is 12.4 Å².